The molecule has 0 atom stereocenters. The zero-order valence-electron chi connectivity index (χ0n) is 9.28. The normalized spacial score (nSPS) is 10.5. The molecular formula is C10H11BBrFO4. The highest BCUT2D eigenvalue weighted by molar-refractivity contribution is 9.10. The van der Waals surface area contributed by atoms with Crippen molar-refractivity contribution in [3.63, 3.8) is 0 Å². The first-order valence-corrected chi connectivity index (χ1v) is 5.68. The van der Waals surface area contributed by atoms with Gasteiger partial charge in [-0.15, -0.1) is 0 Å². The van der Waals surface area contributed by atoms with Crippen LogP contribution in [0.3, 0.4) is 0 Å². The van der Waals surface area contributed by atoms with E-state index in [1.807, 2.05) is 0 Å². The molecular weight excluding hydrogens is 294 g/mol. The number of benzene rings is 1. The molecule has 0 heterocycles. The zero-order valence-corrected chi connectivity index (χ0v) is 10.9. The number of carbonyl (C=O) groups is 1. The Balaban J connectivity index is 3.20. The van der Waals surface area contributed by atoms with Crippen LogP contribution in [0.15, 0.2) is 16.6 Å². The molecule has 0 aromatic heterocycles. The molecule has 7 heteroatoms. The molecule has 0 radical (unpaired) electrons. The summed E-state index contributed by atoms with van der Waals surface area (Å²) >= 11 is 3.05. The Bertz CT molecular complexity index is 437. The quantitative estimate of drug-likeness (QED) is 0.641. The molecule has 0 amide bonds. The minimum Gasteiger partial charge on any atom is -0.459 e. The van der Waals surface area contributed by atoms with Crippen molar-refractivity contribution in [2.75, 3.05) is 0 Å². The molecule has 0 fully saturated rings. The highest BCUT2D eigenvalue weighted by Gasteiger charge is 2.24. The number of esters is 1. The van der Waals surface area contributed by atoms with E-state index in [0.717, 1.165) is 0 Å². The molecule has 4 nitrogen and oxygen atoms in total. The van der Waals surface area contributed by atoms with Gasteiger partial charge in [0.15, 0.2) is 0 Å². The van der Waals surface area contributed by atoms with Gasteiger partial charge in [-0.25, -0.2) is 9.18 Å². The van der Waals surface area contributed by atoms with Gasteiger partial charge >= 0.3 is 13.1 Å². The first-order valence-electron chi connectivity index (χ1n) is 4.89. The summed E-state index contributed by atoms with van der Waals surface area (Å²) in [4.78, 5) is 11.6. The molecule has 17 heavy (non-hydrogen) atoms. The number of halogens is 2. The van der Waals surface area contributed by atoms with Crippen LogP contribution < -0.4 is 5.46 Å². The average molecular weight is 305 g/mol. The van der Waals surface area contributed by atoms with E-state index in [9.17, 15) is 9.18 Å². The summed E-state index contributed by atoms with van der Waals surface area (Å²) in [6.07, 6.45) is -0.386. The van der Waals surface area contributed by atoms with Gasteiger partial charge in [0.25, 0.3) is 0 Å². The second-order valence-corrected chi connectivity index (χ2v) is 4.60. The number of ether oxygens (including phenoxy) is 1. The molecule has 0 aliphatic carbocycles. The van der Waals surface area contributed by atoms with Crippen molar-refractivity contribution in [3.8, 4) is 0 Å². The first-order chi connectivity index (χ1) is 7.82. The van der Waals surface area contributed by atoms with Crippen LogP contribution in [0.5, 0.6) is 0 Å². The summed E-state index contributed by atoms with van der Waals surface area (Å²) in [6.45, 7) is 3.27. The van der Waals surface area contributed by atoms with Crippen LogP contribution in [0.25, 0.3) is 0 Å². The third-order valence-corrected chi connectivity index (χ3v) is 2.36. The van der Waals surface area contributed by atoms with Crippen LogP contribution in [-0.2, 0) is 4.74 Å². The van der Waals surface area contributed by atoms with Gasteiger partial charge in [0.1, 0.15) is 5.82 Å². The summed E-state index contributed by atoms with van der Waals surface area (Å²) in [6, 6.07) is 2.41. The van der Waals surface area contributed by atoms with E-state index >= 15 is 0 Å². The molecule has 1 rings (SSSR count). The number of hydrogen-bond acceptors (Lipinski definition) is 4. The van der Waals surface area contributed by atoms with Gasteiger partial charge < -0.3 is 14.8 Å². The maximum absolute atomic E-state index is 13.8. The fourth-order valence-electron chi connectivity index (χ4n) is 1.22. The number of carbonyl (C=O) groups excluding carboxylic acids is 1. The van der Waals surface area contributed by atoms with Gasteiger partial charge in [-0.1, -0.05) is 15.9 Å². The van der Waals surface area contributed by atoms with E-state index in [0.29, 0.717) is 4.47 Å². The van der Waals surface area contributed by atoms with Gasteiger partial charge in [-0.05, 0) is 26.0 Å². The highest BCUT2D eigenvalue weighted by atomic mass is 79.9. The Morgan fingerprint density at radius 3 is 2.53 bits per heavy atom. The Morgan fingerprint density at radius 1 is 1.47 bits per heavy atom. The fourth-order valence-corrected chi connectivity index (χ4v) is 1.70. The summed E-state index contributed by atoms with van der Waals surface area (Å²) in [7, 11) is -1.99. The Kier molecular flexibility index (Phi) is 4.67. The number of hydrogen-bond donors (Lipinski definition) is 2. The average Bonchev–Trinajstić information content (AvgIpc) is 2.19. The summed E-state index contributed by atoms with van der Waals surface area (Å²) in [5, 5.41) is 17.9. The van der Waals surface area contributed by atoms with Crippen LogP contribution >= 0.6 is 15.9 Å². The predicted molar refractivity (Wildman–Crippen MR) is 64.5 cm³/mol. The van der Waals surface area contributed by atoms with Crippen molar-refractivity contribution in [1.29, 1.82) is 0 Å². The van der Waals surface area contributed by atoms with E-state index in [1.54, 1.807) is 13.8 Å². The first kappa shape index (κ1) is 14.1. The second-order valence-electron chi connectivity index (χ2n) is 3.68. The van der Waals surface area contributed by atoms with Crippen LogP contribution in [0.2, 0.25) is 0 Å². The molecule has 2 N–H and O–H groups in total. The largest absolute Gasteiger partial charge is 0.491 e. The lowest BCUT2D eigenvalue weighted by atomic mass is 9.79. The standard InChI is InChI=1S/C10H11BBrFO4/c1-5(2)17-10(14)7-3-6(12)4-8(9(7)13)11(15)16/h3-5,15-16H,1-2H3. The minimum absolute atomic E-state index is 0.337. The van der Waals surface area contributed by atoms with E-state index < -0.39 is 18.9 Å². The van der Waals surface area contributed by atoms with Gasteiger partial charge in [0.2, 0.25) is 0 Å². The van der Waals surface area contributed by atoms with Crippen molar-refractivity contribution in [3.05, 3.63) is 28.0 Å². The lowest BCUT2D eigenvalue weighted by molar-refractivity contribution is 0.0373. The summed E-state index contributed by atoms with van der Waals surface area (Å²) in [5.41, 5.74) is -0.716. The van der Waals surface area contributed by atoms with Crippen LogP contribution in [0.1, 0.15) is 24.2 Å². The smallest absolute Gasteiger partial charge is 0.459 e. The van der Waals surface area contributed by atoms with Crippen molar-refractivity contribution in [2.45, 2.75) is 20.0 Å². The summed E-state index contributed by atoms with van der Waals surface area (Å²) < 4.78 is 19.0. The van der Waals surface area contributed by atoms with Crippen molar-refractivity contribution in [1.82, 2.24) is 0 Å². The third kappa shape index (κ3) is 3.52. The van der Waals surface area contributed by atoms with Gasteiger partial charge in [-0.2, -0.15) is 0 Å². The maximum atomic E-state index is 13.8. The lowest BCUT2D eigenvalue weighted by Crippen LogP contribution is -2.34. The predicted octanol–water partition coefficient (Wildman–Crippen LogP) is 0.833. The van der Waals surface area contributed by atoms with Gasteiger partial charge in [0, 0.05) is 9.94 Å². The monoisotopic (exact) mass is 304 g/mol. The minimum atomic E-state index is -1.99. The van der Waals surface area contributed by atoms with Crippen LogP contribution in [0, 0.1) is 5.82 Å². The number of rotatable bonds is 3. The molecule has 0 aliphatic heterocycles. The van der Waals surface area contributed by atoms with Crippen molar-refractivity contribution < 1.29 is 24.0 Å². The van der Waals surface area contributed by atoms with E-state index in [1.165, 1.54) is 12.1 Å². The summed E-state index contributed by atoms with van der Waals surface area (Å²) in [5.74, 6) is -1.84. The lowest BCUT2D eigenvalue weighted by Gasteiger charge is -2.11. The molecule has 0 unspecified atom stereocenters. The Labute approximate surface area is 107 Å². The Morgan fingerprint density at radius 2 is 2.06 bits per heavy atom. The van der Waals surface area contributed by atoms with Gasteiger partial charge in [0.05, 0.1) is 11.7 Å². The molecule has 0 aliphatic rings. The fraction of sp³-hybridized carbons (Fsp3) is 0.300. The molecule has 1 aromatic rings. The third-order valence-electron chi connectivity index (χ3n) is 1.91. The molecule has 0 spiro atoms. The maximum Gasteiger partial charge on any atom is 0.491 e. The van der Waals surface area contributed by atoms with E-state index in [2.05, 4.69) is 15.9 Å². The van der Waals surface area contributed by atoms with Crippen molar-refractivity contribution in [2.24, 2.45) is 0 Å². The Hall–Kier alpha value is -0.915. The van der Waals surface area contributed by atoms with Crippen molar-refractivity contribution >= 4 is 34.5 Å². The molecule has 0 saturated heterocycles. The topological polar surface area (TPSA) is 66.8 Å². The molecule has 0 saturated carbocycles. The molecule has 0 bridgehead atoms. The van der Waals surface area contributed by atoms with Gasteiger partial charge in [-0.3, -0.25) is 0 Å². The van der Waals surface area contributed by atoms with E-state index in [4.69, 9.17) is 14.8 Å². The second kappa shape index (κ2) is 5.62. The van der Waals surface area contributed by atoms with E-state index in [-0.39, 0.29) is 17.1 Å². The SMILES string of the molecule is CC(C)OC(=O)c1cc(Br)cc(B(O)O)c1F. The van der Waals surface area contributed by atoms with Crippen LogP contribution in [0.4, 0.5) is 4.39 Å². The van der Waals surface area contributed by atoms with Crippen LogP contribution in [-0.4, -0.2) is 29.2 Å². The molecule has 1 aromatic carbocycles. The zero-order chi connectivity index (χ0) is 13.2. The highest BCUT2D eigenvalue weighted by Crippen LogP contribution is 2.16. The molecule has 92 valence electrons.